The fourth-order valence-electron chi connectivity index (χ4n) is 7.56. The smallest absolute Gasteiger partial charge is 0.344 e. The number of alkyl halides is 2. The fourth-order valence-corrected chi connectivity index (χ4v) is 8.26. The number of carbonyl (C=O) groups excluding carboxylic acids is 3. The summed E-state index contributed by atoms with van der Waals surface area (Å²) in [6.45, 7) is 5.80. The topological polar surface area (TPSA) is 110 Å². The number of aryl methyl sites for hydroxylation is 1. The molecule has 0 saturated heterocycles. The zero-order valence-electron chi connectivity index (χ0n) is 19.1. The van der Waals surface area contributed by atoms with E-state index in [4.69, 9.17) is 0 Å². The van der Waals surface area contributed by atoms with Crippen LogP contribution in [0, 0.1) is 23.7 Å². The summed E-state index contributed by atoms with van der Waals surface area (Å²) in [4.78, 5) is 37.6. The summed E-state index contributed by atoms with van der Waals surface area (Å²) in [7, 11) is -6.01. The van der Waals surface area contributed by atoms with Crippen molar-refractivity contribution in [2.24, 2.45) is 16.7 Å². The highest BCUT2D eigenvalue weighted by atomic mass is 32.2. The number of rotatable bonds is 5. The number of carbonyl (C=O) groups is 3. The van der Waals surface area contributed by atoms with E-state index in [-0.39, 0.29) is 32.9 Å². The summed E-state index contributed by atoms with van der Waals surface area (Å²) >= 11 is 0. The Hall–Kier alpha value is -2.40. The molecule has 3 amide bonds. The Bertz CT molecular complexity index is 1230. The van der Waals surface area contributed by atoms with Crippen LogP contribution in [0.5, 0.6) is 0 Å². The van der Waals surface area contributed by atoms with Gasteiger partial charge in [-0.1, -0.05) is 25.5 Å². The number of hydrogen-bond donors (Lipinski definition) is 1. The average molecular weight is 497 g/mol. The highest BCUT2D eigenvalue weighted by molar-refractivity contribution is 7.88. The molecule has 1 heterocycles. The van der Waals surface area contributed by atoms with Gasteiger partial charge in [-0.15, -0.1) is 9.35 Å². The van der Waals surface area contributed by atoms with Gasteiger partial charge in [0.05, 0.1) is 11.1 Å². The van der Waals surface area contributed by atoms with E-state index < -0.39 is 38.6 Å². The Morgan fingerprint density at radius 2 is 1.65 bits per heavy atom. The molecule has 4 bridgehead atoms. The lowest BCUT2D eigenvalue weighted by Gasteiger charge is -2.65. The van der Waals surface area contributed by atoms with Crippen molar-refractivity contribution in [2.45, 2.75) is 70.1 Å². The average Bonchev–Trinajstić information content (AvgIpc) is 2.88. The second-order valence-electron chi connectivity index (χ2n) is 11.4. The number of benzene rings is 1. The molecule has 0 radical (unpaired) electrons. The predicted octanol–water partition coefficient (Wildman–Crippen LogP) is 3.31. The Labute approximate surface area is 196 Å². The lowest BCUT2D eigenvalue weighted by atomic mass is 9.43. The number of amides is 3. The van der Waals surface area contributed by atoms with Crippen LogP contribution in [0.4, 0.5) is 8.78 Å². The van der Waals surface area contributed by atoms with E-state index in [0.29, 0.717) is 24.8 Å². The highest BCUT2D eigenvalue weighted by Gasteiger charge is 2.64. The zero-order chi connectivity index (χ0) is 24.9. The van der Waals surface area contributed by atoms with Crippen molar-refractivity contribution in [1.29, 1.82) is 0 Å². The molecule has 0 spiro atoms. The van der Waals surface area contributed by atoms with Gasteiger partial charge in [-0.2, -0.15) is 17.2 Å². The van der Waals surface area contributed by atoms with Crippen molar-refractivity contribution in [3.63, 3.8) is 0 Å². The van der Waals surface area contributed by atoms with Crippen LogP contribution in [0.2, 0.25) is 0 Å². The monoisotopic (exact) mass is 496 g/mol. The van der Waals surface area contributed by atoms with Crippen molar-refractivity contribution >= 4 is 27.8 Å². The number of nitrogens with zero attached hydrogens (tertiary/aromatic N) is 1. The molecule has 1 aromatic rings. The van der Waals surface area contributed by atoms with E-state index >= 15 is 0 Å². The van der Waals surface area contributed by atoms with Crippen LogP contribution < -0.4 is 5.32 Å². The second kappa shape index (κ2) is 6.84. The Morgan fingerprint density at radius 1 is 1.06 bits per heavy atom. The molecule has 34 heavy (non-hydrogen) atoms. The number of halogens is 2. The highest BCUT2D eigenvalue weighted by Crippen LogP contribution is 2.66. The summed E-state index contributed by atoms with van der Waals surface area (Å²) in [6.07, 6.45) is 4.34. The van der Waals surface area contributed by atoms with Crippen LogP contribution in [-0.2, 0) is 19.2 Å². The van der Waals surface area contributed by atoms with E-state index in [1.807, 2.05) is 0 Å². The lowest BCUT2D eigenvalue weighted by Crippen LogP contribution is -2.67. The molecule has 11 heteroatoms. The number of nitrogens with one attached hydrogen (secondary N) is 1. The van der Waals surface area contributed by atoms with Gasteiger partial charge in [-0.05, 0) is 74.3 Å². The molecule has 1 aliphatic heterocycles. The third-order valence-corrected chi connectivity index (χ3v) is 8.92. The lowest BCUT2D eigenvalue weighted by molar-refractivity contribution is -0.152. The first-order valence-electron chi connectivity index (χ1n) is 11.2. The number of imide groups is 1. The maximum absolute atomic E-state index is 15.0. The second-order valence-corrected chi connectivity index (χ2v) is 12.9. The fraction of sp³-hybridized carbons (Fsp3) is 0.609. The molecule has 0 aromatic heterocycles. The molecule has 5 aliphatic rings. The van der Waals surface area contributed by atoms with Crippen molar-refractivity contribution < 1.29 is 35.9 Å². The van der Waals surface area contributed by atoms with Gasteiger partial charge in [0.25, 0.3) is 11.8 Å². The largest absolute Gasteiger partial charge is 0.448 e. The Kier molecular flexibility index (Phi) is 4.70. The van der Waals surface area contributed by atoms with E-state index in [1.54, 1.807) is 6.92 Å². The van der Waals surface area contributed by atoms with E-state index in [0.717, 1.165) is 19.3 Å². The van der Waals surface area contributed by atoms with E-state index in [9.17, 15) is 31.6 Å². The van der Waals surface area contributed by atoms with Crippen LogP contribution in [-0.4, -0.2) is 42.0 Å². The summed E-state index contributed by atoms with van der Waals surface area (Å²) < 4.78 is 59.3. The van der Waals surface area contributed by atoms with Crippen LogP contribution in [0.3, 0.4) is 0 Å². The minimum Gasteiger partial charge on any atom is -0.344 e. The Balaban J connectivity index is 1.37. The molecular formula is C23H26F2N2O6S. The molecule has 4 fully saturated rings. The Morgan fingerprint density at radius 3 is 2.24 bits per heavy atom. The maximum Gasteiger partial charge on any atom is 0.448 e. The summed E-state index contributed by atoms with van der Waals surface area (Å²) in [5.74, 6) is -4.11. The van der Waals surface area contributed by atoms with Gasteiger partial charge in [0.15, 0.2) is 0 Å². The van der Waals surface area contributed by atoms with Gasteiger partial charge < -0.3 is 5.32 Å². The van der Waals surface area contributed by atoms with Crippen molar-refractivity contribution in [3.8, 4) is 0 Å². The molecule has 184 valence electrons. The SMILES string of the molecule is Cc1ccc2c(c1)C(=O)N(OS(=O)(=O)C(F)(F)C(=O)NC13CC4CC(C)(CC(C)(C4)C1)C3)C2=O. The van der Waals surface area contributed by atoms with Crippen LogP contribution in [0.25, 0.3) is 0 Å². The minimum atomic E-state index is -6.01. The standard InChI is InChI=1S/C23H26F2N2O6S/c1-13-4-5-15-16(6-13)18(29)27(17(15)28)33-34(31,32)23(24,25)19(30)26-22-9-14-7-20(2,11-22)10-21(3,8-14)12-22/h4-6,14H,7-12H2,1-3H3,(H,26,30). The summed E-state index contributed by atoms with van der Waals surface area (Å²) in [5, 5.41) is -2.88. The quantitative estimate of drug-likeness (QED) is 0.627. The zero-order valence-corrected chi connectivity index (χ0v) is 19.9. The van der Waals surface area contributed by atoms with Gasteiger partial charge in [0.2, 0.25) is 0 Å². The molecule has 4 aliphatic carbocycles. The summed E-state index contributed by atoms with van der Waals surface area (Å²) in [6, 6.07) is 4.11. The number of hydroxylamine groups is 2. The first kappa shape index (κ1) is 23.3. The minimum absolute atomic E-state index is 0.107. The first-order chi connectivity index (χ1) is 15.6. The predicted molar refractivity (Wildman–Crippen MR) is 115 cm³/mol. The molecule has 8 nitrogen and oxygen atoms in total. The van der Waals surface area contributed by atoms with Gasteiger partial charge in [0.1, 0.15) is 0 Å². The van der Waals surface area contributed by atoms with Gasteiger partial charge >= 0.3 is 21.3 Å². The molecule has 1 N–H and O–H groups in total. The van der Waals surface area contributed by atoms with Crippen LogP contribution >= 0.6 is 0 Å². The van der Waals surface area contributed by atoms with Gasteiger partial charge in [-0.25, -0.2) is 0 Å². The van der Waals surface area contributed by atoms with Crippen molar-refractivity contribution in [1.82, 2.24) is 10.4 Å². The molecule has 6 rings (SSSR count). The first-order valence-corrected chi connectivity index (χ1v) is 12.6. The molecule has 1 aromatic carbocycles. The van der Waals surface area contributed by atoms with Gasteiger partial charge in [0, 0.05) is 5.54 Å². The third kappa shape index (κ3) is 3.38. The van der Waals surface area contributed by atoms with Crippen molar-refractivity contribution in [2.75, 3.05) is 0 Å². The molecule has 4 saturated carbocycles. The summed E-state index contributed by atoms with van der Waals surface area (Å²) in [5.41, 5.74) is -0.871. The van der Waals surface area contributed by atoms with Crippen LogP contribution in [0.15, 0.2) is 18.2 Å². The number of hydrogen-bond acceptors (Lipinski definition) is 6. The molecule has 2 unspecified atom stereocenters. The van der Waals surface area contributed by atoms with Gasteiger partial charge in [-0.3, -0.25) is 14.4 Å². The van der Waals surface area contributed by atoms with Crippen molar-refractivity contribution in [3.05, 3.63) is 34.9 Å². The molecule has 2 atom stereocenters. The van der Waals surface area contributed by atoms with Crippen LogP contribution in [0.1, 0.15) is 78.7 Å². The third-order valence-electron chi connectivity index (χ3n) is 7.76. The van der Waals surface area contributed by atoms with E-state index in [1.165, 1.54) is 18.2 Å². The molecular weight excluding hydrogens is 470 g/mol. The normalized spacial score (nSPS) is 34.5. The maximum atomic E-state index is 15.0. The van der Waals surface area contributed by atoms with E-state index in [2.05, 4.69) is 23.4 Å². The number of fused-ring (bicyclic) bond motifs is 1.